The molecule has 1 fully saturated rings. The van der Waals surface area contributed by atoms with Gasteiger partial charge in [-0.25, -0.2) is 8.42 Å². The third kappa shape index (κ3) is 3.58. The molecule has 25 heavy (non-hydrogen) atoms. The standard InChI is InChI=1S/C20H26N2O2S/c1-15-6-8-19(18(4)13-15)21-9-11-22(12-10-21)25(23,24)20-14-16(2)5-7-17(20)3/h5-8,13-14H,9-12H2,1-4H3. The Kier molecular flexibility index (Phi) is 4.89. The first kappa shape index (κ1) is 18.0. The second-order valence-corrected chi connectivity index (χ2v) is 8.86. The molecule has 0 spiro atoms. The lowest BCUT2D eigenvalue weighted by Gasteiger charge is -2.36. The average Bonchev–Trinajstić information content (AvgIpc) is 2.57. The maximum Gasteiger partial charge on any atom is 0.243 e. The summed E-state index contributed by atoms with van der Waals surface area (Å²) in [6.45, 7) is 10.5. The highest BCUT2D eigenvalue weighted by atomic mass is 32.2. The van der Waals surface area contributed by atoms with Gasteiger partial charge < -0.3 is 4.90 Å². The Bertz CT molecular complexity index is 883. The molecule has 0 radical (unpaired) electrons. The van der Waals surface area contributed by atoms with Gasteiger partial charge in [0, 0.05) is 31.9 Å². The van der Waals surface area contributed by atoms with Crippen LogP contribution in [0.15, 0.2) is 41.3 Å². The first-order chi connectivity index (χ1) is 11.8. The second-order valence-electron chi connectivity index (χ2n) is 6.95. The van der Waals surface area contributed by atoms with Crippen molar-refractivity contribution in [2.45, 2.75) is 32.6 Å². The second kappa shape index (κ2) is 6.81. The molecule has 1 heterocycles. The molecule has 5 heteroatoms. The van der Waals surface area contributed by atoms with E-state index in [0.717, 1.165) is 11.1 Å². The van der Waals surface area contributed by atoms with Crippen molar-refractivity contribution < 1.29 is 8.42 Å². The number of aryl methyl sites for hydroxylation is 4. The van der Waals surface area contributed by atoms with Crippen molar-refractivity contribution in [2.24, 2.45) is 0 Å². The first-order valence-electron chi connectivity index (χ1n) is 8.68. The molecule has 1 aliphatic rings. The normalized spacial score (nSPS) is 16.2. The van der Waals surface area contributed by atoms with Gasteiger partial charge in [-0.15, -0.1) is 0 Å². The van der Waals surface area contributed by atoms with E-state index in [0.29, 0.717) is 31.1 Å². The molecular formula is C20H26N2O2S. The van der Waals surface area contributed by atoms with Crippen molar-refractivity contribution >= 4 is 15.7 Å². The van der Waals surface area contributed by atoms with Gasteiger partial charge in [0.05, 0.1) is 4.90 Å². The molecule has 0 aromatic heterocycles. The van der Waals surface area contributed by atoms with E-state index in [1.165, 1.54) is 16.8 Å². The highest BCUT2D eigenvalue weighted by Gasteiger charge is 2.30. The zero-order chi connectivity index (χ0) is 18.2. The number of sulfonamides is 1. The Morgan fingerprint density at radius 2 is 1.36 bits per heavy atom. The molecule has 0 N–H and O–H groups in total. The van der Waals surface area contributed by atoms with Gasteiger partial charge in [-0.05, 0) is 56.5 Å². The van der Waals surface area contributed by atoms with E-state index in [2.05, 4.69) is 36.9 Å². The van der Waals surface area contributed by atoms with Gasteiger partial charge >= 0.3 is 0 Å². The summed E-state index contributed by atoms with van der Waals surface area (Å²) in [6.07, 6.45) is 0. The van der Waals surface area contributed by atoms with Crippen molar-refractivity contribution in [3.8, 4) is 0 Å². The molecule has 2 aromatic rings. The number of hydrogen-bond donors (Lipinski definition) is 0. The molecule has 0 bridgehead atoms. The van der Waals surface area contributed by atoms with E-state index in [4.69, 9.17) is 0 Å². The Morgan fingerprint density at radius 1 is 0.760 bits per heavy atom. The van der Waals surface area contributed by atoms with Crippen molar-refractivity contribution in [1.82, 2.24) is 4.31 Å². The number of anilines is 1. The Balaban J connectivity index is 1.78. The van der Waals surface area contributed by atoms with Gasteiger partial charge in [0.2, 0.25) is 10.0 Å². The van der Waals surface area contributed by atoms with Gasteiger partial charge in [0.1, 0.15) is 0 Å². The largest absolute Gasteiger partial charge is 0.369 e. The average molecular weight is 359 g/mol. The van der Waals surface area contributed by atoms with Crippen molar-refractivity contribution in [2.75, 3.05) is 31.1 Å². The van der Waals surface area contributed by atoms with Crippen LogP contribution in [0.2, 0.25) is 0 Å². The maximum atomic E-state index is 13.0. The summed E-state index contributed by atoms with van der Waals surface area (Å²) < 4.78 is 27.7. The molecule has 1 aliphatic heterocycles. The van der Waals surface area contributed by atoms with Crippen LogP contribution in [0.1, 0.15) is 22.3 Å². The van der Waals surface area contributed by atoms with Crippen LogP contribution < -0.4 is 4.90 Å². The molecule has 0 unspecified atom stereocenters. The molecule has 4 nitrogen and oxygen atoms in total. The number of hydrogen-bond acceptors (Lipinski definition) is 3. The number of benzene rings is 2. The van der Waals surface area contributed by atoms with Crippen LogP contribution in [-0.4, -0.2) is 38.9 Å². The van der Waals surface area contributed by atoms with Gasteiger partial charge in [0.25, 0.3) is 0 Å². The molecule has 134 valence electrons. The van der Waals surface area contributed by atoms with Crippen molar-refractivity contribution in [3.63, 3.8) is 0 Å². The zero-order valence-corrected chi connectivity index (χ0v) is 16.2. The lowest BCUT2D eigenvalue weighted by molar-refractivity contribution is 0.384. The lowest BCUT2D eigenvalue weighted by atomic mass is 10.1. The highest BCUT2D eigenvalue weighted by molar-refractivity contribution is 7.89. The van der Waals surface area contributed by atoms with Crippen LogP contribution >= 0.6 is 0 Å². The number of piperazine rings is 1. The topological polar surface area (TPSA) is 40.6 Å². The van der Waals surface area contributed by atoms with Crippen LogP contribution in [0.4, 0.5) is 5.69 Å². The van der Waals surface area contributed by atoms with Gasteiger partial charge in [-0.2, -0.15) is 4.31 Å². The quantitative estimate of drug-likeness (QED) is 0.844. The molecular weight excluding hydrogens is 332 g/mol. The van der Waals surface area contributed by atoms with Crippen LogP contribution in [0.3, 0.4) is 0 Å². The summed E-state index contributed by atoms with van der Waals surface area (Å²) >= 11 is 0. The summed E-state index contributed by atoms with van der Waals surface area (Å²) in [6, 6.07) is 12.0. The molecule has 2 aromatic carbocycles. The fourth-order valence-corrected chi connectivity index (χ4v) is 5.19. The zero-order valence-electron chi connectivity index (χ0n) is 15.4. The first-order valence-corrected chi connectivity index (χ1v) is 10.1. The molecule has 0 atom stereocenters. The van der Waals surface area contributed by atoms with Crippen molar-refractivity contribution in [1.29, 1.82) is 0 Å². The third-order valence-corrected chi connectivity index (χ3v) is 6.93. The fraction of sp³-hybridized carbons (Fsp3) is 0.400. The molecule has 0 saturated carbocycles. The monoisotopic (exact) mass is 358 g/mol. The van der Waals surface area contributed by atoms with Gasteiger partial charge in [0.15, 0.2) is 0 Å². The predicted molar refractivity (Wildman–Crippen MR) is 103 cm³/mol. The Labute approximate surface area is 151 Å². The number of rotatable bonds is 3. The summed E-state index contributed by atoms with van der Waals surface area (Å²) in [5.41, 5.74) is 5.47. The van der Waals surface area contributed by atoms with Crippen LogP contribution in [0.5, 0.6) is 0 Å². The summed E-state index contributed by atoms with van der Waals surface area (Å²) in [7, 11) is -3.43. The van der Waals surface area contributed by atoms with Crippen LogP contribution in [-0.2, 0) is 10.0 Å². The maximum absolute atomic E-state index is 13.0. The SMILES string of the molecule is Cc1ccc(N2CCN(S(=O)(=O)c3cc(C)ccc3C)CC2)c(C)c1. The van der Waals surface area contributed by atoms with Gasteiger partial charge in [-0.3, -0.25) is 0 Å². The van der Waals surface area contributed by atoms with E-state index in [1.54, 1.807) is 10.4 Å². The Morgan fingerprint density at radius 3 is 2.00 bits per heavy atom. The van der Waals surface area contributed by atoms with E-state index < -0.39 is 10.0 Å². The molecule has 1 saturated heterocycles. The smallest absolute Gasteiger partial charge is 0.243 e. The fourth-order valence-electron chi connectivity index (χ4n) is 3.45. The summed E-state index contributed by atoms with van der Waals surface area (Å²) in [5.74, 6) is 0. The van der Waals surface area contributed by atoms with E-state index in [1.807, 2.05) is 26.0 Å². The molecule has 3 rings (SSSR count). The molecule has 0 amide bonds. The van der Waals surface area contributed by atoms with Crippen molar-refractivity contribution in [3.05, 3.63) is 58.7 Å². The van der Waals surface area contributed by atoms with E-state index in [9.17, 15) is 8.42 Å². The predicted octanol–water partition coefficient (Wildman–Crippen LogP) is 3.43. The van der Waals surface area contributed by atoms with Crippen LogP contribution in [0.25, 0.3) is 0 Å². The summed E-state index contributed by atoms with van der Waals surface area (Å²) in [4.78, 5) is 2.72. The third-order valence-electron chi connectivity index (χ3n) is 4.89. The minimum Gasteiger partial charge on any atom is -0.369 e. The minimum atomic E-state index is -3.43. The minimum absolute atomic E-state index is 0.437. The lowest BCUT2D eigenvalue weighted by Crippen LogP contribution is -2.49. The number of nitrogens with zero attached hydrogens (tertiary/aromatic N) is 2. The van der Waals surface area contributed by atoms with E-state index in [-0.39, 0.29) is 0 Å². The molecule has 0 aliphatic carbocycles. The van der Waals surface area contributed by atoms with Crippen LogP contribution in [0, 0.1) is 27.7 Å². The Hall–Kier alpha value is -1.85. The highest BCUT2D eigenvalue weighted by Crippen LogP contribution is 2.26. The summed E-state index contributed by atoms with van der Waals surface area (Å²) in [5, 5.41) is 0. The van der Waals surface area contributed by atoms with Gasteiger partial charge in [-0.1, -0.05) is 29.8 Å². The van der Waals surface area contributed by atoms with E-state index >= 15 is 0 Å².